The lowest BCUT2D eigenvalue weighted by Gasteiger charge is -2.04. The molecule has 132 valence electrons. The van der Waals surface area contributed by atoms with Gasteiger partial charge in [0.15, 0.2) is 0 Å². The number of pyridine rings is 1. The van der Waals surface area contributed by atoms with Gasteiger partial charge < -0.3 is 14.8 Å². The Morgan fingerprint density at radius 1 is 1.00 bits per heavy atom. The molecule has 1 aromatic carbocycles. The first kappa shape index (κ1) is 16.3. The minimum atomic E-state index is 0.578. The molecule has 0 fully saturated rings. The summed E-state index contributed by atoms with van der Waals surface area (Å²) in [6, 6.07) is 11.7. The Balaban J connectivity index is 1.53. The predicted molar refractivity (Wildman–Crippen MR) is 101 cm³/mol. The van der Waals surface area contributed by atoms with E-state index in [1.807, 2.05) is 40.9 Å². The second kappa shape index (κ2) is 7.01. The molecule has 3 aromatic heterocycles. The van der Waals surface area contributed by atoms with E-state index in [2.05, 4.69) is 20.4 Å². The van der Waals surface area contributed by atoms with E-state index in [1.54, 1.807) is 26.6 Å². The molecule has 0 atom stereocenters. The normalized spacial score (nSPS) is 10.8. The van der Waals surface area contributed by atoms with Crippen LogP contribution in [0.25, 0.3) is 16.2 Å². The fraction of sp³-hybridized carbons (Fsp3) is 0.167. The molecule has 26 heavy (non-hydrogen) atoms. The Kier molecular flexibility index (Phi) is 4.40. The highest BCUT2D eigenvalue weighted by Gasteiger charge is 2.12. The van der Waals surface area contributed by atoms with Gasteiger partial charge in [0, 0.05) is 24.4 Å². The molecule has 0 saturated carbocycles. The maximum atomic E-state index is 5.18. The standard InChI is InChI=1S/C18H17N5O2S/c1-24-14-6-3-12(4-7-14)9-20-17-22-23-15(11-21-18(23)26-17)13-5-8-16(25-2)19-10-13/h3-8,10-11H,9H2,1-2H3,(H,20,22). The number of aromatic nitrogens is 4. The maximum absolute atomic E-state index is 5.18. The van der Waals surface area contributed by atoms with Crippen LogP contribution in [-0.2, 0) is 6.54 Å². The number of benzene rings is 1. The number of ether oxygens (including phenoxy) is 2. The van der Waals surface area contributed by atoms with Crippen LogP contribution in [0, 0.1) is 0 Å². The highest BCUT2D eigenvalue weighted by Crippen LogP contribution is 2.26. The molecule has 0 aliphatic heterocycles. The lowest BCUT2D eigenvalue weighted by molar-refractivity contribution is 0.398. The van der Waals surface area contributed by atoms with Crippen LogP contribution in [0.4, 0.5) is 5.13 Å². The number of anilines is 1. The van der Waals surface area contributed by atoms with Gasteiger partial charge in [0.2, 0.25) is 16.0 Å². The highest BCUT2D eigenvalue weighted by molar-refractivity contribution is 7.20. The number of imidazole rings is 1. The van der Waals surface area contributed by atoms with Crippen LogP contribution in [0.3, 0.4) is 0 Å². The van der Waals surface area contributed by atoms with Gasteiger partial charge in [0.25, 0.3) is 0 Å². The van der Waals surface area contributed by atoms with Gasteiger partial charge in [-0.3, -0.25) is 0 Å². The lowest BCUT2D eigenvalue weighted by Crippen LogP contribution is -2.00. The fourth-order valence-corrected chi connectivity index (χ4v) is 3.31. The van der Waals surface area contributed by atoms with Gasteiger partial charge in [-0.15, -0.1) is 5.10 Å². The van der Waals surface area contributed by atoms with Crippen molar-refractivity contribution in [3.8, 4) is 22.9 Å². The zero-order valence-electron chi connectivity index (χ0n) is 14.3. The molecule has 0 unspecified atom stereocenters. The summed E-state index contributed by atoms with van der Waals surface area (Å²) in [5, 5.41) is 8.77. The fourth-order valence-electron chi connectivity index (χ4n) is 2.53. The maximum Gasteiger partial charge on any atom is 0.214 e. The third-order valence-corrected chi connectivity index (χ3v) is 4.81. The smallest absolute Gasteiger partial charge is 0.214 e. The molecule has 8 heteroatoms. The van der Waals surface area contributed by atoms with E-state index in [0.717, 1.165) is 32.7 Å². The molecular formula is C18H17N5O2S. The minimum absolute atomic E-state index is 0.578. The molecule has 0 radical (unpaired) electrons. The van der Waals surface area contributed by atoms with Crippen LogP contribution in [-0.4, -0.2) is 33.8 Å². The molecule has 0 spiro atoms. The Morgan fingerprint density at radius 2 is 1.85 bits per heavy atom. The Labute approximate surface area is 154 Å². The number of hydrogen-bond donors (Lipinski definition) is 1. The summed E-state index contributed by atoms with van der Waals surface area (Å²) in [7, 11) is 3.26. The molecule has 4 aromatic rings. The largest absolute Gasteiger partial charge is 0.497 e. The van der Waals surface area contributed by atoms with Crippen molar-refractivity contribution in [1.82, 2.24) is 19.6 Å². The van der Waals surface area contributed by atoms with Crippen molar-refractivity contribution in [3.63, 3.8) is 0 Å². The van der Waals surface area contributed by atoms with Crippen LogP contribution >= 0.6 is 11.3 Å². The molecule has 0 bridgehead atoms. The van der Waals surface area contributed by atoms with Gasteiger partial charge >= 0.3 is 0 Å². The second-order valence-electron chi connectivity index (χ2n) is 5.54. The van der Waals surface area contributed by atoms with Gasteiger partial charge in [-0.1, -0.05) is 23.5 Å². The highest BCUT2D eigenvalue weighted by atomic mass is 32.1. The molecule has 0 aliphatic carbocycles. The molecule has 3 heterocycles. The lowest BCUT2D eigenvalue weighted by atomic mass is 10.2. The third kappa shape index (κ3) is 3.18. The third-order valence-electron chi connectivity index (χ3n) is 3.93. The molecule has 0 saturated heterocycles. The first-order valence-corrected chi connectivity index (χ1v) is 8.80. The van der Waals surface area contributed by atoms with Gasteiger partial charge in [-0.25, -0.2) is 14.5 Å². The number of nitrogens with one attached hydrogen (secondary N) is 1. The van der Waals surface area contributed by atoms with Crippen LogP contribution in [0.1, 0.15) is 5.56 Å². The summed E-state index contributed by atoms with van der Waals surface area (Å²) >= 11 is 1.51. The van der Waals surface area contributed by atoms with Crippen molar-refractivity contribution in [2.45, 2.75) is 6.54 Å². The monoisotopic (exact) mass is 367 g/mol. The van der Waals surface area contributed by atoms with Gasteiger partial charge in [0.05, 0.1) is 26.1 Å². The number of nitrogens with zero attached hydrogens (tertiary/aromatic N) is 4. The average Bonchev–Trinajstić information content (AvgIpc) is 3.27. The topological polar surface area (TPSA) is 73.6 Å². The average molecular weight is 367 g/mol. The first-order valence-electron chi connectivity index (χ1n) is 7.98. The molecular weight excluding hydrogens is 350 g/mol. The van der Waals surface area contributed by atoms with Gasteiger partial charge in [0.1, 0.15) is 5.75 Å². The van der Waals surface area contributed by atoms with Crippen LogP contribution in [0.15, 0.2) is 48.8 Å². The second-order valence-corrected chi connectivity index (χ2v) is 6.49. The van der Waals surface area contributed by atoms with Crippen molar-refractivity contribution in [2.24, 2.45) is 0 Å². The van der Waals surface area contributed by atoms with Crippen molar-refractivity contribution in [1.29, 1.82) is 0 Å². The van der Waals surface area contributed by atoms with E-state index in [4.69, 9.17) is 9.47 Å². The Hall–Kier alpha value is -3.13. The molecule has 1 N–H and O–H groups in total. The van der Waals surface area contributed by atoms with E-state index in [0.29, 0.717) is 12.4 Å². The SMILES string of the molecule is COc1ccc(CNc2nn3c(-c4ccc(OC)nc4)cnc3s2)cc1. The quantitative estimate of drug-likeness (QED) is 0.562. The first-order chi connectivity index (χ1) is 12.8. The van der Waals surface area contributed by atoms with Crippen molar-refractivity contribution in [2.75, 3.05) is 19.5 Å². The Bertz CT molecular complexity index is 1010. The van der Waals surface area contributed by atoms with Crippen LogP contribution in [0.2, 0.25) is 0 Å². The zero-order valence-corrected chi connectivity index (χ0v) is 15.2. The Morgan fingerprint density at radius 3 is 2.54 bits per heavy atom. The summed E-state index contributed by atoms with van der Waals surface area (Å²) in [6.07, 6.45) is 3.56. The van der Waals surface area contributed by atoms with Gasteiger partial charge in [-0.05, 0) is 23.8 Å². The predicted octanol–water partition coefficient (Wildman–Crippen LogP) is 3.48. The number of fused-ring (bicyclic) bond motifs is 1. The van der Waals surface area contributed by atoms with Crippen molar-refractivity contribution < 1.29 is 9.47 Å². The summed E-state index contributed by atoms with van der Waals surface area (Å²) in [4.78, 5) is 9.51. The summed E-state index contributed by atoms with van der Waals surface area (Å²) in [5.41, 5.74) is 2.98. The van der Waals surface area contributed by atoms with E-state index >= 15 is 0 Å². The van der Waals surface area contributed by atoms with Crippen LogP contribution < -0.4 is 14.8 Å². The van der Waals surface area contributed by atoms with Crippen LogP contribution in [0.5, 0.6) is 11.6 Å². The van der Waals surface area contributed by atoms with E-state index in [9.17, 15) is 0 Å². The van der Waals surface area contributed by atoms with E-state index in [1.165, 1.54) is 11.3 Å². The summed E-state index contributed by atoms with van der Waals surface area (Å²) in [6.45, 7) is 0.681. The number of rotatable bonds is 6. The van der Waals surface area contributed by atoms with Crippen molar-refractivity contribution >= 4 is 21.4 Å². The van der Waals surface area contributed by atoms with E-state index in [-0.39, 0.29) is 0 Å². The minimum Gasteiger partial charge on any atom is -0.497 e. The molecule has 0 aliphatic rings. The molecule has 0 amide bonds. The molecule has 4 rings (SSSR count). The van der Waals surface area contributed by atoms with Crippen molar-refractivity contribution in [3.05, 3.63) is 54.4 Å². The zero-order chi connectivity index (χ0) is 17.9. The summed E-state index contributed by atoms with van der Waals surface area (Å²) in [5.74, 6) is 1.42. The number of methoxy groups -OCH3 is 2. The summed E-state index contributed by atoms with van der Waals surface area (Å²) < 4.78 is 12.1. The van der Waals surface area contributed by atoms with E-state index < -0.39 is 0 Å². The number of hydrogen-bond acceptors (Lipinski definition) is 7. The van der Waals surface area contributed by atoms with Gasteiger partial charge in [-0.2, -0.15) is 0 Å². The molecule has 7 nitrogen and oxygen atoms in total.